The van der Waals surface area contributed by atoms with Crippen molar-refractivity contribution in [1.29, 1.82) is 0 Å². The molecule has 36 heavy (non-hydrogen) atoms. The van der Waals surface area contributed by atoms with Crippen molar-refractivity contribution in [1.82, 2.24) is 15.3 Å². The van der Waals surface area contributed by atoms with E-state index < -0.39 is 11.9 Å². The number of aryl methyl sites for hydroxylation is 1. The number of urea groups is 1. The number of carbonyl (C=O) groups excluding carboxylic acids is 4. The molecule has 1 saturated carbocycles. The second-order valence-corrected chi connectivity index (χ2v) is 9.49. The number of nitrogens with one attached hydrogen (secondary N) is 2. The summed E-state index contributed by atoms with van der Waals surface area (Å²) in [6, 6.07) is 13.0. The van der Waals surface area contributed by atoms with Gasteiger partial charge in [-0.25, -0.2) is 10.3 Å². The summed E-state index contributed by atoms with van der Waals surface area (Å²) in [4.78, 5) is 54.6. The van der Waals surface area contributed by atoms with Crippen LogP contribution in [0.3, 0.4) is 0 Å². The Morgan fingerprint density at radius 3 is 2.39 bits per heavy atom. The normalized spacial score (nSPS) is 18.4. The van der Waals surface area contributed by atoms with Crippen LogP contribution in [-0.2, 0) is 16.1 Å². The number of nitrogens with zero attached hydrogens (tertiary/aromatic N) is 2. The molecule has 3 N–H and O–H groups in total. The maximum absolute atomic E-state index is 13.5. The average Bonchev–Trinajstić information content (AvgIpc) is 3.12. The number of imide groups is 1. The smallest absolute Gasteiger partial charge is 0.325 e. The van der Waals surface area contributed by atoms with Gasteiger partial charge in [-0.1, -0.05) is 61.2 Å². The van der Waals surface area contributed by atoms with E-state index in [2.05, 4.69) is 5.32 Å². The van der Waals surface area contributed by atoms with Crippen LogP contribution in [0.15, 0.2) is 48.5 Å². The van der Waals surface area contributed by atoms with Gasteiger partial charge < -0.3 is 10.2 Å². The van der Waals surface area contributed by atoms with Crippen molar-refractivity contribution in [2.45, 2.75) is 70.5 Å². The number of hydroxylamine groups is 1. The van der Waals surface area contributed by atoms with Crippen molar-refractivity contribution < 1.29 is 24.4 Å². The van der Waals surface area contributed by atoms with Gasteiger partial charge in [0.15, 0.2) is 0 Å². The summed E-state index contributed by atoms with van der Waals surface area (Å²) in [5, 5.41) is 11.6. The van der Waals surface area contributed by atoms with Crippen molar-refractivity contribution in [2.75, 3.05) is 5.32 Å². The van der Waals surface area contributed by atoms with E-state index in [0.717, 1.165) is 43.2 Å². The number of hydrogen-bond donors (Lipinski definition) is 3. The van der Waals surface area contributed by atoms with Crippen molar-refractivity contribution in [2.24, 2.45) is 0 Å². The highest BCUT2D eigenvalue weighted by molar-refractivity contribution is 6.05. The molecule has 1 unspecified atom stereocenters. The molecule has 0 radical (unpaired) electrons. The van der Waals surface area contributed by atoms with Crippen molar-refractivity contribution >= 4 is 29.4 Å². The molecule has 190 valence electrons. The highest BCUT2D eigenvalue weighted by Crippen LogP contribution is 2.31. The van der Waals surface area contributed by atoms with Crippen molar-refractivity contribution in [3.05, 3.63) is 65.2 Å². The summed E-state index contributed by atoms with van der Waals surface area (Å²) in [7, 11) is 0. The van der Waals surface area contributed by atoms with Gasteiger partial charge in [-0.05, 0) is 43.9 Å². The molecular weight excluding hydrogens is 460 g/mol. The molecule has 2 fully saturated rings. The molecule has 0 bridgehead atoms. The Balaban J connectivity index is 1.49. The Morgan fingerprint density at radius 1 is 1.00 bits per heavy atom. The largest absolute Gasteiger partial charge is 0.328 e. The molecule has 2 aromatic rings. The van der Waals surface area contributed by atoms with E-state index in [1.54, 1.807) is 28.6 Å². The molecule has 2 aromatic carbocycles. The molecule has 1 heterocycles. The van der Waals surface area contributed by atoms with Gasteiger partial charge in [-0.15, -0.1) is 0 Å². The zero-order chi connectivity index (χ0) is 25.7. The molecule has 1 aliphatic heterocycles. The van der Waals surface area contributed by atoms with Crippen LogP contribution in [0.5, 0.6) is 0 Å². The molecule has 9 nitrogen and oxygen atoms in total. The van der Waals surface area contributed by atoms with Crippen LogP contribution in [0.2, 0.25) is 0 Å². The maximum atomic E-state index is 13.5. The molecular formula is C27H32N4O5. The molecule has 1 aliphatic carbocycles. The summed E-state index contributed by atoms with van der Waals surface area (Å²) < 4.78 is 0. The van der Waals surface area contributed by atoms with Crippen molar-refractivity contribution in [3.63, 3.8) is 0 Å². The maximum Gasteiger partial charge on any atom is 0.328 e. The van der Waals surface area contributed by atoms with Gasteiger partial charge in [-0.2, -0.15) is 0 Å². The highest BCUT2D eigenvalue weighted by Gasteiger charge is 2.47. The third kappa shape index (κ3) is 5.57. The second kappa shape index (κ2) is 11.3. The number of carbonyl (C=O) groups is 4. The first-order chi connectivity index (χ1) is 17.4. The summed E-state index contributed by atoms with van der Waals surface area (Å²) in [6.07, 6.45) is 4.88. The topological polar surface area (TPSA) is 119 Å². The molecule has 0 spiro atoms. The Hall–Kier alpha value is -3.72. The SMILES string of the molecule is Cc1ccc(CN2C(=O)N(C3CCCCC3)C(=O)C2CCC(=O)Nc2ccccc2C(=O)NO)cc1. The summed E-state index contributed by atoms with van der Waals surface area (Å²) in [6.45, 7) is 2.28. The molecule has 1 atom stereocenters. The summed E-state index contributed by atoms with van der Waals surface area (Å²) in [5.74, 6) is -1.37. The predicted octanol–water partition coefficient (Wildman–Crippen LogP) is 4.00. The minimum atomic E-state index is -0.741. The average molecular weight is 493 g/mol. The van der Waals surface area contributed by atoms with Gasteiger partial charge in [0.2, 0.25) is 5.91 Å². The van der Waals surface area contributed by atoms with Crippen molar-refractivity contribution in [3.8, 4) is 0 Å². The van der Waals surface area contributed by atoms with Gasteiger partial charge in [0, 0.05) is 19.0 Å². The number of benzene rings is 2. The molecule has 0 aromatic heterocycles. The number of amides is 5. The molecule has 9 heteroatoms. The lowest BCUT2D eigenvalue weighted by atomic mass is 9.94. The van der Waals surface area contributed by atoms with Gasteiger partial charge in [0.25, 0.3) is 11.8 Å². The fraction of sp³-hybridized carbons (Fsp3) is 0.407. The van der Waals surface area contributed by atoms with Crippen LogP contribution in [0.25, 0.3) is 0 Å². The fourth-order valence-corrected chi connectivity index (χ4v) is 5.01. The number of rotatable bonds is 8. The lowest BCUT2D eigenvalue weighted by Crippen LogP contribution is -2.42. The monoisotopic (exact) mass is 492 g/mol. The Labute approximate surface area is 210 Å². The van der Waals surface area contributed by atoms with E-state index in [9.17, 15) is 19.2 Å². The second-order valence-electron chi connectivity index (χ2n) is 9.49. The van der Waals surface area contributed by atoms with E-state index in [1.807, 2.05) is 31.2 Å². The number of anilines is 1. The van der Waals surface area contributed by atoms with Crippen LogP contribution in [0.1, 0.15) is 66.4 Å². The quantitative estimate of drug-likeness (QED) is 0.292. The van der Waals surface area contributed by atoms with Crippen LogP contribution in [0, 0.1) is 6.92 Å². The van der Waals surface area contributed by atoms with E-state index in [0.29, 0.717) is 6.54 Å². The Kier molecular flexibility index (Phi) is 8.00. The summed E-state index contributed by atoms with van der Waals surface area (Å²) >= 11 is 0. The predicted molar refractivity (Wildman–Crippen MR) is 133 cm³/mol. The van der Waals surface area contributed by atoms with E-state index in [1.165, 1.54) is 11.0 Å². The molecule has 5 amide bonds. The first kappa shape index (κ1) is 25.4. The molecule has 1 saturated heterocycles. The van der Waals surface area contributed by atoms with Crippen LogP contribution < -0.4 is 10.8 Å². The van der Waals surface area contributed by atoms with Gasteiger partial charge in [0.1, 0.15) is 6.04 Å². The Bertz CT molecular complexity index is 1130. The highest BCUT2D eigenvalue weighted by atomic mass is 16.5. The zero-order valence-electron chi connectivity index (χ0n) is 20.4. The van der Waals surface area contributed by atoms with Gasteiger partial charge in [-0.3, -0.25) is 24.5 Å². The van der Waals surface area contributed by atoms with Crippen LogP contribution >= 0.6 is 0 Å². The third-order valence-corrected chi connectivity index (χ3v) is 6.96. The summed E-state index contributed by atoms with van der Waals surface area (Å²) in [5.41, 5.74) is 3.96. The molecule has 2 aliphatic rings. The van der Waals surface area contributed by atoms with Crippen LogP contribution in [-0.4, -0.2) is 50.8 Å². The van der Waals surface area contributed by atoms with Gasteiger partial charge >= 0.3 is 6.03 Å². The fourth-order valence-electron chi connectivity index (χ4n) is 5.01. The first-order valence-electron chi connectivity index (χ1n) is 12.4. The number of para-hydroxylation sites is 1. The number of hydrogen-bond acceptors (Lipinski definition) is 5. The first-order valence-corrected chi connectivity index (χ1v) is 12.4. The van der Waals surface area contributed by atoms with E-state index >= 15 is 0 Å². The van der Waals surface area contributed by atoms with E-state index in [-0.39, 0.29) is 48.0 Å². The van der Waals surface area contributed by atoms with Crippen LogP contribution in [0.4, 0.5) is 10.5 Å². The molecule has 4 rings (SSSR count). The lowest BCUT2D eigenvalue weighted by molar-refractivity contribution is -0.130. The zero-order valence-corrected chi connectivity index (χ0v) is 20.4. The minimum absolute atomic E-state index is 0.0122. The standard InChI is InChI=1S/C27H32N4O5/c1-18-11-13-19(14-12-18)17-30-23(26(34)31(27(30)35)20-7-3-2-4-8-20)15-16-24(32)28-22-10-6-5-9-21(22)25(33)29-36/h5-6,9-14,20,23,36H,2-4,7-8,15-17H2,1H3,(H,28,32)(H,29,33). The Morgan fingerprint density at radius 2 is 1.69 bits per heavy atom. The van der Waals surface area contributed by atoms with E-state index in [4.69, 9.17) is 5.21 Å². The third-order valence-electron chi connectivity index (χ3n) is 6.96. The lowest BCUT2D eigenvalue weighted by Gasteiger charge is -2.29. The van der Waals surface area contributed by atoms with Gasteiger partial charge in [0.05, 0.1) is 11.3 Å². The minimum Gasteiger partial charge on any atom is -0.325 e.